The van der Waals surface area contributed by atoms with E-state index in [0.29, 0.717) is 46.8 Å². The van der Waals surface area contributed by atoms with Crippen LogP contribution in [0.2, 0.25) is 5.02 Å². The first-order chi connectivity index (χ1) is 25.3. The minimum atomic E-state index is -0.253. The Morgan fingerprint density at radius 1 is 0.865 bits per heavy atom. The van der Waals surface area contributed by atoms with E-state index in [4.69, 9.17) is 11.6 Å². The van der Waals surface area contributed by atoms with Crippen molar-refractivity contribution in [2.24, 2.45) is 5.92 Å². The number of nitrogens with zero attached hydrogens (tertiary/aromatic N) is 5. The number of rotatable bonds is 10. The van der Waals surface area contributed by atoms with E-state index in [1.165, 1.54) is 17.6 Å². The number of amides is 3. The molecule has 3 aliphatic heterocycles. The second kappa shape index (κ2) is 16.0. The molecule has 270 valence electrons. The summed E-state index contributed by atoms with van der Waals surface area (Å²) in [5, 5.41) is 11.9. The number of hydrogen-bond acceptors (Lipinski definition) is 10. The number of benzene rings is 3. The molecule has 4 heterocycles. The summed E-state index contributed by atoms with van der Waals surface area (Å²) in [5.74, 6) is 0.629. The number of anilines is 6. The highest BCUT2D eigenvalue weighted by Crippen LogP contribution is 2.31. The van der Waals surface area contributed by atoms with Crippen molar-refractivity contribution in [2.45, 2.75) is 31.6 Å². The van der Waals surface area contributed by atoms with Gasteiger partial charge in [0.25, 0.3) is 5.91 Å². The lowest BCUT2D eigenvalue weighted by Gasteiger charge is -2.40. The zero-order valence-corrected chi connectivity index (χ0v) is 30.0. The Morgan fingerprint density at radius 2 is 1.62 bits per heavy atom. The van der Waals surface area contributed by atoms with Crippen molar-refractivity contribution in [1.29, 1.82) is 0 Å². The number of carbonyl (C=O) groups excluding carboxylic acids is 3. The fourth-order valence-electron chi connectivity index (χ4n) is 7.33. The van der Waals surface area contributed by atoms with E-state index in [1.54, 1.807) is 25.2 Å². The first-order valence-corrected chi connectivity index (χ1v) is 18.3. The van der Waals surface area contributed by atoms with Crippen LogP contribution in [0.25, 0.3) is 0 Å². The first-order valence-electron chi connectivity index (χ1n) is 18.0. The topological polar surface area (TPSA) is 135 Å². The van der Waals surface area contributed by atoms with Crippen molar-refractivity contribution in [3.05, 3.63) is 95.1 Å². The van der Waals surface area contributed by atoms with Gasteiger partial charge in [0, 0.05) is 76.3 Å². The quantitative estimate of drug-likeness (QED) is 0.155. The molecule has 3 aromatic carbocycles. The number of hydrogen-bond donors (Lipinski definition) is 4. The molecule has 1 atom stereocenters. The Labute approximate surface area is 308 Å². The molecule has 13 heteroatoms. The van der Waals surface area contributed by atoms with Crippen molar-refractivity contribution >= 4 is 63.8 Å². The number of aromatic nitrogens is 2. The zero-order valence-electron chi connectivity index (χ0n) is 29.3. The van der Waals surface area contributed by atoms with Crippen LogP contribution in [-0.2, 0) is 9.59 Å². The predicted octanol–water partition coefficient (Wildman–Crippen LogP) is 5.54. The summed E-state index contributed by atoms with van der Waals surface area (Å²) in [6, 6.07) is 23.8. The van der Waals surface area contributed by atoms with E-state index in [9.17, 15) is 14.4 Å². The monoisotopic (exact) mass is 721 g/mol. The van der Waals surface area contributed by atoms with Crippen molar-refractivity contribution < 1.29 is 14.4 Å². The summed E-state index contributed by atoms with van der Waals surface area (Å²) in [6.07, 6.45) is 4.80. The van der Waals surface area contributed by atoms with Crippen LogP contribution < -0.4 is 31.1 Å². The van der Waals surface area contributed by atoms with Gasteiger partial charge in [-0.15, -0.1) is 0 Å². The fraction of sp³-hybridized carbons (Fsp3) is 0.359. The van der Waals surface area contributed by atoms with Crippen LogP contribution in [0.15, 0.2) is 79.0 Å². The molecule has 1 aromatic heterocycles. The third-order valence-electron chi connectivity index (χ3n) is 10.3. The van der Waals surface area contributed by atoms with E-state index in [1.807, 2.05) is 30.3 Å². The SMILES string of the molecule is CNC(=O)c1ccccc1Nc1nc(Nc2ccc(N3CCN(CC4CCN(c5cccc(C6CCC(=O)NC6=O)c5)CC4)CC3)cc2)ncc1Cl. The average Bonchev–Trinajstić information content (AvgIpc) is 3.17. The van der Waals surface area contributed by atoms with Crippen LogP contribution in [0, 0.1) is 5.92 Å². The average molecular weight is 722 g/mol. The molecule has 3 fully saturated rings. The van der Waals surface area contributed by atoms with Crippen LogP contribution in [0.3, 0.4) is 0 Å². The van der Waals surface area contributed by atoms with Crippen LogP contribution >= 0.6 is 11.6 Å². The molecule has 0 saturated carbocycles. The number of carbonyl (C=O) groups is 3. The molecule has 0 radical (unpaired) electrons. The summed E-state index contributed by atoms with van der Waals surface area (Å²) in [6.45, 7) is 7.16. The van der Waals surface area contributed by atoms with E-state index in [0.717, 1.165) is 69.9 Å². The maximum absolute atomic E-state index is 12.4. The Hall–Kier alpha value is -5.20. The normalized spacial score (nSPS) is 18.5. The molecule has 3 amide bonds. The van der Waals surface area contributed by atoms with Gasteiger partial charge in [-0.25, -0.2) is 4.98 Å². The summed E-state index contributed by atoms with van der Waals surface area (Å²) in [4.78, 5) is 52.7. The molecule has 4 N–H and O–H groups in total. The van der Waals surface area contributed by atoms with E-state index in [2.05, 4.69) is 70.2 Å². The minimum absolute atomic E-state index is 0.178. The Kier molecular flexibility index (Phi) is 10.8. The molecule has 52 heavy (non-hydrogen) atoms. The Morgan fingerprint density at radius 3 is 2.37 bits per heavy atom. The number of nitrogens with one attached hydrogen (secondary N) is 4. The number of halogens is 1. The van der Waals surface area contributed by atoms with Gasteiger partial charge in [0.2, 0.25) is 17.8 Å². The molecule has 12 nitrogen and oxygen atoms in total. The van der Waals surface area contributed by atoms with E-state index < -0.39 is 0 Å². The fourth-order valence-corrected chi connectivity index (χ4v) is 7.47. The molecule has 4 aromatic rings. The van der Waals surface area contributed by atoms with E-state index >= 15 is 0 Å². The van der Waals surface area contributed by atoms with Crippen LogP contribution in [0.4, 0.5) is 34.5 Å². The number of piperazine rings is 1. The number of para-hydroxylation sites is 1. The van der Waals surface area contributed by atoms with Crippen molar-refractivity contribution in [2.75, 3.05) is 73.3 Å². The Balaban J connectivity index is 0.873. The lowest BCUT2D eigenvalue weighted by Crippen LogP contribution is -2.49. The standard InChI is InChI=1S/C39H44ClN9O3/c1-41-37(51)32-7-2-3-8-34(32)44-36-33(40)24-42-39(46-36)43-28-9-11-29(12-10-28)49-21-19-47(20-22-49)25-26-15-17-48(18-16-26)30-6-4-5-27(23-30)31-13-14-35(50)45-38(31)52/h2-12,23-24,26,31H,13-22,25H2,1H3,(H,41,51)(H,45,50,52)(H2,42,43,44,46). The second-order valence-electron chi connectivity index (χ2n) is 13.6. The second-order valence-corrected chi connectivity index (χ2v) is 14.0. The van der Waals surface area contributed by atoms with Gasteiger partial charge in [-0.3, -0.25) is 24.6 Å². The molecule has 0 spiro atoms. The molecule has 7 rings (SSSR count). The lowest BCUT2D eigenvalue weighted by atomic mass is 9.90. The number of piperidine rings is 2. The van der Waals surface area contributed by atoms with Gasteiger partial charge >= 0.3 is 0 Å². The lowest BCUT2D eigenvalue weighted by molar-refractivity contribution is -0.134. The third kappa shape index (κ3) is 8.29. The van der Waals surface area contributed by atoms with Crippen LogP contribution in [0.1, 0.15) is 47.5 Å². The Bertz CT molecular complexity index is 1910. The predicted molar refractivity (Wildman–Crippen MR) is 205 cm³/mol. The highest BCUT2D eigenvalue weighted by Gasteiger charge is 2.29. The van der Waals surface area contributed by atoms with Crippen molar-refractivity contribution in [3.63, 3.8) is 0 Å². The third-order valence-corrected chi connectivity index (χ3v) is 10.5. The molecule has 1 unspecified atom stereocenters. The van der Waals surface area contributed by atoms with E-state index in [-0.39, 0.29) is 23.6 Å². The molecular formula is C39H44ClN9O3. The smallest absolute Gasteiger partial charge is 0.253 e. The van der Waals surface area contributed by atoms with Gasteiger partial charge in [0.15, 0.2) is 5.82 Å². The molecule has 0 bridgehead atoms. The number of imide groups is 1. The van der Waals surface area contributed by atoms with Crippen molar-refractivity contribution in [3.8, 4) is 0 Å². The maximum atomic E-state index is 12.4. The summed E-state index contributed by atoms with van der Waals surface area (Å²) >= 11 is 6.41. The van der Waals surface area contributed by atoms with Crippen LogP contribution in [0.5, 0.6) is 0 Å². The van der Waals surface area contributed by atoms with Crippen LogP contribution in [-0.4, -0.2) is 85.5 Å². The summed E-state index contributed by atoms with van der Waals surface area (Å²) < 4.78 is 0. The minimum Gasteiger partial charge on any atom is -0.372 e. The molecule has 3 aliphatic rings. The highest BCUT2D eigenvalue weighted by atomic mass is 35.5. The highest BCUT2D eigenvalue weighted by molar-refractivity contribution is 6.33. The molecule has 0 aliphatic carbocycles. The summed E-state index contributed by atoms with van der Waals surface area (Å²) in [7, 11) is 1.59. The van der Waals surface area contributed by atoms with Gasteiger partial charge < -0.3 is 25.8 Å². The van der Waals surface area contributed by atoms with Gasteiger partial charge in [-0.1, -0.05) is 35.9 Å². The summed E-state index contributed by atoms with van der Waals surface area (Å²) in [5.41, 5.74) is 5.28. The largest absolute Gasteiger partial charge is 0.372 e. The molecule has 3 saturated heterocycles. The van der Waals surface area contributed by atoms with Gasteiger partial charge in [-0.2, -0.15) is 4.98 Å². The van der Waals surface area contributed by atoms with Gasteiger partial charge in [0.1, 0.15) is 5.02 Å². The first kappa shape index (κ1) is 35.2. The zero-order chi connectivity index (χ0) is 36.0. The maximum Gasteiger partial charge on any atom is 0.253 e. The van der Waals surface area contributed by atoms with Crippen molar-refractivity contribution in [1.82, 2.24) is 25.5 Å². The molecular weight excluding hydrogens is 678 g/mol. The van der Waals surface area contributed by atoms with Gasteiger partial charge in [0.05, 0.1) is 23.4 Å². The van der Waals surface area contributed by atoms with Gasteiger partial charge in [-0.05, 0) is 79.3 Å².